The molecule has 1 heteroatoms. The van der Waals surface area contributed by atoms with E-state index < -0.39 is 0 Å². The third kappa shape index (κ3) is 3.08. The summed E-state index contributed by atoms with van der Waals surface area (Å²) in [4.78, 5) is 0. The van der Waals surface area contributed by atoms with E-state index in [4.69, 9.17) is 4.42 Å². The third-order valence-corrected chi connectivity index (χ3v) is 1.65. The molecule has 0 amide bonds. The SMILES string of the molecule is C/C=C/CCCc1ccoc1. The molecule has 0 saturated carbocycles. The summed E-state index contributed by atoms with van der Waals surface area (Å²) in [6, 6.07) is 2.02. The van der Waals surface area contributed by atoms with Crippen molar-refractivity contribution < 1.29 is 4.42 Å². The van der Waals surface area contributed by atoms with E-state index >= 15 is 0 Å². The number of furan rings is 1. The van der Waals surface area contributed by atoms with Crippen LogP contribution < -0.4 is 0 Å². The van der Waals surface area contributed by atoms with E-state index in [1.165, 1.54) is 18.4 Å². The Morgan fingerprint density at radius 2 is 2.45 bits per heavy atom. The van der Waals surface area contributed by atoms with Crippen molar-refractivity contribution in [1.29, 1.82) is 0 Å². The van der Waals surface area contributed by atoms with Crippen LogP contribution in [-0.4, -0.2) is 0 Å². The first-order valence-corrected chi connectivity index (χ1v) is 4.05. The van der Waals surface area contributed by atoms with Crippen LogP contribution in [0.5, 0.6) is 0 Å². The van der Waals surface area contributed by atoms with Gasteiger partial charge in [0, 0.05) is 0 Å². The molecule has 1 rings (SSSR count). The van der Waals surface area contributed by atoms with Crippen LogP contribution in [0.2, 0.25) is 0 Å². The van der Waals surface area contributed by atoms with E-state index in [0.29, 0.717) is 0 Å². The number of aryl methyl sites for hydroxylation is 1. The maximum Gasteiger partial charge on any atom is 0.0934 e. The number of rotatable bonds is 4. The maximum atomic E-state index is 4.95. The molecule has 1 heterocycles. The fraction of sp³-hybridized carbons (Fsp3) is 0.400. The van der Waals surface area contributed by atoms with Gasteiger partial charge in [0.15, 0.2) is 0 Å². The number of hydrogen-bond donors (Lipinski definition) is 0. The van der Waals surface area contributed by atoms with Gasteiger partial charge in [-0.05, 0) is 37.8 Å². The van der Waals surface area contributed by atoms with Gasteiger partial charge in [-0.1, -0.05) is 12.2 Å². The standard InChI is InChI=1S/C10H14O/c1-2-3-4-5-6-10-7-8-11-9-10/h2-3,7-9H,4-6H2,1H3/b3-2+. The monoisotopic (exact) mass is 150 g/mol. The van der Waals surface area contributed by atoms with Crippen molar-refractivity contribution in [2.75, 3.05) is 0 Å². The molecule has 0 aromatic carbocycles. The van der Waals surface area contributed by atoms with Crippen molar-refractivity contribution in [1.82, 2.24) is 0 Å². The second-order valence-electron chi connectivity index (χ2n) is 2.59. The summed E-state index contributed by atoms with van der Waals surface area (Å²) in [5.41, 5.74) is 1.30. The topological polar surface area (TPSA) is 13.1 Å². The summed E-state index contributed by atoms with van der Waals surface area (Å²) in [6.07, 6.45) is 11.3. The molecule has 0 unspecified atom stereocenters. The van der Waals surface area contributed by atoms with E-state index in [1.807, 2.05) is 12.3 Å². The van der Waals surface area contributed by atoms with Crippen molar-refractivity contribution in [2.45, 2.75) is 26.2 Å². The molecule has 0 fully saturated rings. The van der Waals surface area contributed by atoms with Gasteiger partial charge >= 0.3 is 0 Å². The van der Waals surface area contributed by atoms with E-state index in [9.17, 15) is 0 Å². The van der Waals surface area contributed by atoms with Gasteiger partial charge < -0.3 is 4.42 Å². The van der Waals surface area contributed by atoms with Crippen LogP contribution in [0.25, 0.3) is 0 Å². The predicted octanol–water partition coefficient (Wildman–Crippen LogP) is 3.18. The highest BCUT2D eigenvalue weighted by Gasteiger charge is 1.91. The van der Waals surface area contributed by atoms with E-state index in [-0.39, 0.29) is 0 Å². The van der Waals surface area contributed by atoms with Gasteiger partial charge in [-0.2, -0.15) is 0 Å². The second-order valence-corrected chi connectivity index (χ2v) is 2.59. The Kier molecular flexibility index (Phi) is 3.53. The first-order chi connectivity index (χ1) is 5.43. The Labute approximate surface area is 67.7 Å². The quantitative estimate of drug-likeness (QED) is 0.474. The molecule has 0 N–H and O–H groups in total. The molecule has 0 spiro atoms. The number of hydrogen-bond acceptors (Lipinski definition) is 1. The van der Waals surface area contributed by atoms with Crippen molar-refractivity contribution >= 4 is 0 Å². The molecule has 0 aliphatic heterocycles. The number of unbranched alkanes of at least 4 members (excludes halogenated alkanes) is 1. The smallest absolute Gasteiger partial charge is 0.0934 e. The minimum Gasteiger partial charge on any atom is -0.472 e. The zero-order chi connectivity index (χ0) is 7.94. The Morgan fingerprint density at radius 3 is 3.09 bits per heavy atom. The van der Waals surface area contributed by atoms with Crippen LogP contribution in [-0.2, 0) is 6.42 Å². The van der Waals surface area contributed by atoms with Gasteiger partial charge in [-0.15, -0.1) is 0 Å². The summed E-state index contributed by atoms with van der Waals surface area (Å²) < 4.78 is 4.95. The van der Waals surface area contributed by atoms with Gasteiger partial charge in [-0.25, -0.2) is 0 Å². The van der Waals surface area contributed by atoms with Gasteiger partial charge in [0.25, 0.3) is 0 Å². The van der Waals surface area contributed by atoms with Crippen LogP contribution in [0.3, 0.4) is 0 Å². The summed E-state index contributed by atoms with van der Waals surface area (Å²) in [5.74, 6) is 0. The van der Waals surface area contributed by atoms with E-state index in [1.54, 1.807) is 6.26 Å². The Morgan fingerprint density at radius 1 is 1.55 bits per heavy atom. The molecule has 1 aromatic heterocycles. The third-order valence-electron chi connectivity index (χ3n) is 1.65. The molecule has 0 aliphatic carbocycles. The van der Waals surface area contributed by atoms with Crippen LogP contribution >= 0.6 is 0 Å². The molecule has 0 bridgehead atoms. The fourth-order valence-corrected chi connectivity index (χ4v) is 1.03. The van der Waals surface area contributed by atoms with Crippen molar-refractivity contribution in [3.05, 3.63) is 36.3 Å². The lowest BCUT2D eigenvalue weighted by molar-refractivity contribution is 0.563. The molecule has 1 aromatic rings. The van der Waals surface area contributed by atoms with Crippen LogP contribution in [0.15, 0.2) is 35.2 Å². The van der Waals surface area contributed by atoms with Gasteiger partial charge in [0.2, 0.25) is 0 Å². The first-order valence-electron chi connectivity index (χ1n) is 4.05. The van der Waals surface area contributed by atoms with Crippen LogP contribution in [0.4, 0.5) is 0 Å². The highest BCUT2D eigenvalue weighted by molar-refractivity contribution is 5.05. The lowest BCUT2D eigenvalue weighted by atomic mass is 10.1. The fourth-order valence-electron chi connectivity index (χ4n) is 1.03. The van der Waals surface area contributed by atoms with Gasteiger partial charge in [-0.3, -0.25) is 0 Å². The summed E-state index contributed by atoms with van der Waals surface area (Å²) >= 11 is 0. The summed E-state index contributed by atoms with van der Waals surface area (Å²) in [6.45, 7) is 2.05. The predicted molar refractivity (Wildman–Crippen MR) is 46.5 cm³/mol. The molecular formula is C10H14O. The largest absolute Gasteiger partial charge is 0.472 e. The minimum atomic E-state index is 1.13. The molecular weight excluding hydrogens is 136 g/mol. The lowest BCUT2D eigenvalue weighted by Crippen LogP contribution is -1.79. The van der Waals surface area contributed by atoms with E-state index in [2.05, 4.69) is 19.1 Å². The van der Waals surface area contributed by atoms with E-state index in [0.717, 1.165) is 6.42 Å². The first kappa shape index (κ1) is 8.12. The van der Waals surface area contributed by atoms with Gasteiger partial charge in [0.05, 0.1) is 12.5 Å². The van der Waals surface area contributed by atoms with Crippen molar-refractivity contribution in [3.63, 3.8) is 0 Å². The molecule has 11 heavy (non-hydrogen) atoms. The Hall–Kier alpha value is -0.980. The Balaban J connectivity index is 2.14. The highest BCUT2D eigenvalue weighted by Crippen LogP contribution is 2.05. The van der Waals surface area contributed by atoms with Gasteiger partial charge in [0.1, 0.15) is 0 Å². The molecule has 60 valence electrons. The van der Waals surface area contributed by atoms with Crippen molar-refractivity contribution in [2.24, 2.45) is 0 Å². The normalized spacial score (nSPS) is 11.0. The van der Waals surface area contributed by atoms with Crippen LogP contribution in [0.1, 0.15) is 25.3 Å². The lowest BCUT2D eigenvalue weighted by Gasteiger charge is -1.91. The summed E-state index contributed by atoms with van der Waals surface area (Å²) in [5, 5.41) is 0. The zero-order valence-corrected chi connectivity index (χ0v) is 6.92. The highest BCUT2D eigenvalue weighted by atomic mass is 16.3. The molecule has 1 nitrogen and oxygen atoms in total. The van der Waals surface area contributed by atoms with Crippen LogP contribution in [0, 0.1) is 0 Å². The minimum absolute atomic E-state index is 1.13. The average molecular weight is 150 g/mol. The molecule has 0 atom stereocenters. The number of allylic oxidation sites excluding steroid dienone is 2. The maximum absolute atomic E-state index is 4.95. The van der Waals surface area contributed by atoms with Crippen molar-refractivity contribution in [3.8, 4) is 0 Å². The summed E-state index contributed by atoms with van der Waals surface area (Å²) in [7, 11) is 0. The zero-order valence-electron chi connectivity index (χ0n) is 6.92. The molecule has 0 aliphatic rings. The molecule has 0 radical (unpaired) electrons. The average Bonchev–Trinajstić information content (AvgIpc) is 2.50. The molecule has 0 saturated heterocycles. The Bertz CT molecular complexity index is 197. The second kappa shape index (κ2) is 4.78.